The number of carbonyl (C=O) groups excluding carboxylic acids is 1. The van der Waals surface area contributed by atoms with Crippen molar-refractivity contribution in [3.63, 3.8) is 0 Å². The van der Waals surface area contributed by atoms with Gasteiger partial charge in [0, 0.05) is 25.5 Å². The molecule has 1 amide bonds. The number of rotatable bonds is 6. The van der Waals surface area contributed by atoms with Gasteiger partial charge in [-0.15, -0.1) is 10.2 Å². The van der Waals surface area contributed by atoms with Crippen molar-refractivity contribution in [1.29, 1.82) is 0 Å². The SMILES string of the molecule is CC1(c2nnc(-c3cccnc3)o2)CN(CC(=O)NCC(F)F)C1. The predicted octanol–water partition coefficient (Wildman–Crippen LogP) is 1.09. The first-order valence-electron chi connectivity index (χ1n) is 7.48. The molecule has 0 spiro atoms. The van der Waals surface area contributed by atoms with Crippen LogP contribution in [0.15, 0.2) is 28.9 Å². The minimum absolute atomic E-state index is 0.0753. The summed E-state index contributed by atoms with van der Waals surface area (Å²) >= 11 is 0. The Labute approximate surface area is 137 Å². The molecule has 1 aliphatic heterocycles. The normalized spacial score (nSPS) is 16.8. The third-order valence-corrected chi connectivity index (χ3v) is 3.82. The number of halogens is 2. The molecule has 3 rings (SSSR count). The molecule has 0 saturated carbocycles. The molecule has 1 saturated heterocycles. The van der Waals surface area contributed by atoms with E-state index in [4.69, 9.17) is 4.42 Å². The molecule has 0 bridgehead atoms. The highest BCUT2D eigenvalue weighted by Gasteiger charge is 2.45. The molecule has 24 heavy (non-hydrogen) atoms. The zero-order valence-electron chi connectivity index (χ0n) is 13.1. The van der Waals surface area contributed by atoms with Crippen LogP contribution in [-0.4, -0.2) is 58.6 Å². The number of likely N-dealkylation sites (tertiary alicyclic amines) is 1. The van der Waals surface area contributed by atoms with Crippen molar-refractivity contribution in [3.8, 4) is 11.5 Å². The molecule has 1 N–H and O–H groups in total. The first-order chi connectivity index (χ1) is 11.5. The largest absolute Gasteiger partial charge is 0.420 e. The number of aromatic nitrogens is 3. The minimum atomic E-state index is -2.54. The van der Waals surface area contributed by atoms with Crippen LogP contribution in [0.4, 0.5) is 8.78 Å². The van der Waals surface area contributed by atoms with E-state index in [1.165, 1.54) is 0 Å². The molecule has 9 heteroatoms. The van der Waals surface area contributed by atoms with Gasteiger partial charge in [-0.3, -0.25) is 14.7 Å². The van der Waals surface area contributed by atoms with Crippen LogP contribution in [0.1, 0.15) is 12.8 Å². The summed E-state index contributed by atoms with van der Waals surface area (Å²) < 4.78 is 29.8. The lowest BCUT2D eigenvalue weighted by Crippen LogP contribution is -2.59. The van der Waals surface area contributed by atoms with E-state index in [2.05, 4.69) is 20.5 Å². The molecular formula is C15H17F2N5O2. The number of alkyl halides is 2. The zero-order chi connectivity index (χ0) is 17.2. The number of hydrogen-bond acceptors (Lipinski definition) is 6. The van der Waals surface area contributed by atoms with Crippen LogP contribution in [0.5, 0.6) is 0 Å². The predicted molar refractivity (Wildman–Crippen MR) is 80.3 cm³/mol. The summed E-state index contributed by atoms with van der Waals surface area (Å²) in [6, 6.07) is 3.61. The summed E-state index contributed by atoms with van der Waals surface area (Å²) in [4.78, 5) is 17.4. The summed E-state index contributed by atoms with van der Waals surface area (Å²) in [5.41, 5.74) is 0.388. The van der Waals surface area contributed by atoms with Crippen molar-refractivity contribution in [2.24, 2.45) is 0 Å². The Morgan fingerprint density at radius 3 is 2.92 bits per heavy atom. The second kappa shape index (κ2) is 6.60. The van der Waals surface area contributed by atoms with Gasteiger partial charge in [-0.25, -0.2) is 8.78 Å². The average Bonchev–Trinajstić information content (AvgIpc) is 3.02. The Balaban J connectivity index is 1.56. The molecule has 2 aromatic heterocycles. The standard InChI is InChI=1S/C15H17F2N5O2/c1-15(8-22(9-15)7-12(23)19-6-11(16)17)14-21-20-13(24-14)10-3-2-4-18-5-10/h2-5,11H,6-9H2,1H3,(H,19,23). The lowest BCUT2D eigenvalue weighted by Gasteiger charge is -2.45. The lowest BCUT2D eigenvalue weighted by atomic mass is 9.82. The first kappa shape index (κ1) is 16.4. The van der Waals surface area contributed by atoms with Gasteiger partial charge < -0.3 is 9.73 Å². The first-order valence-corrected chi connectivity index (χ1v) is 7.48. The summed E-state index contributed by atoms with van der Waals surface area (Å²) in [7, 11) is 0. The van der Waals surface area contributed by atoms with Gasteiger partial charge in [0.05, 0.1) is 24.1 Å². The molecule has 0 atom stereocenters. The van der Waals surface area contributed by atoms with Gasteiger partial charge in [-0.05, 0) is 19.1 Å². The van der Waals surface area contributed by atoms with E-state index in [-0.39, 0.29) is 12.0 Å². The molecule has 3 heterocycles. The highest BCUT2D eigenvalue weighted by molar-refractivity contribution is 5.78. The topological polar surface area (TPSA) is 84.2 Å². The van der Waals surface area contributed by atoms with E-state index in [0.717, 1.165) is 5.56 Å². The molecular weight excluding hydrogens is 320 g/mol. The molecule has 128 valence electrons. The fourth-order valence-electron chi connectivity index (χ4n) is 2.71. The summed E-state index contributed by atoms with van der Waals surface area (Å²) in [5.74, 6) is 0.469. The molecule has 0 unspecified atom stereocenters. The number of nitrogens with zero attached hydrogens (tertiary/aromatic N) is 4. The molecule has 7 nitrogen and oxygen atoms in total. The Morgan fingerprint density at radius 2 is 2.25 bits per heavy atom. The smallest absolute Gasteiger partial charge is 0.255 e. The second-order valence-electron chi connectivity index (χ2n) is 6.06. The van der Waals surface area contributed by atoms with Gasteiger partial charge in [0.25, 0.3) is 6.43 Å². The zero-order valence-corrected chi connectivity index (χ0v) is 13.1. The third kappa shape index (κ3) is 3.56. The molecule has 2 aromatic rings. The number of nitrogens with one attached hydrogen (secondary N) is 1. The van der Waals surface area contributed by atoms with Gasteiger partial charge in [0.1, 0.15) is 0 Å². The maximum absolute atomic E-state index is 12.1. The van der Waals surface area contributed by atoms with E-state index in [9.17, 15) is 13.6 Å². The van der Waals surface area contributed by atoms with Gasteiger partial charge in [0.15, 0.2) is 0 Å². The van der Waals surface area contributed by atoms with Gasteiger partial charge in [-0.2, -0.15) is 0 Å². The quantitative estimate of drug-likeness (QED) is 0.849. The van der Waals surface area contributed by atoms with Crippen LogP contribution >= 0.6 is 0 Å². The van der Waals surface area contributed by atoms with Crippen molar-refractivity contribution in [1.82, 2.24) is 25.4 Å². The van der Waals surface area contributed by atoms with E-state index in [0.29, 0.717) is 24.9 Å². The fraction of sp³-hybridized carbons (Fsp3) is 0.467. The maximum atomic E-state index is 12.1. The Hall–Kier alpha value is -2.42. The summed E-state index contributed by atoms with van der Waals surface area (Å²) in [6.45, 7) is 2.50. The maximum Gasteiger partial charge on any atom is 0.255 e. The van der Waals surface area contributed by atoms with Crippen LogP contribution in [0.3, 0.4) is 0 Å². The minimum Gasteiger partial charge on any atom is -0.420 e. The monoisotopic (exact) mass is 337 g/mol. The highest BCUT2D eigenvalue weighted by atomic mass is 19.3. The van der Waals surface area contributed by atoms with E-state index < -0.39 is 18.9 Å². The molecule has 0 radical (unpaired) electrons. The Bertz CT molecular complexity index is 701. The summed E-state index contributed by atoms with van der Waals surface area (Å²) in [6.07, 6.45) is 0.755. The van der Waals surface area contributed by atoms with Crippen LogP contribution in [0.2, 0.25) is 0 Å². The van der Waals surface area contributed by atoms with E-state index >= 15 is 0 Å². The lowest BCUT2D eigenvalue weighted by molar-refractivity contribution is -0.125. The molecule has 0 aliphatic carbocycles. The van der Waals surface area contributed by atoms with Gasteiger partial charge in [0.2, 0.25) is 17.7 Å². The molecule has 0 aromatic carbocycles. The van der Waals surface area contributed by atoms with Crippen LogP contribution in [0, 0.1) is 0 Å². The van der Waals surface area contributed by atoms with Crippen LogP contribution < -0.4 is 5.32 Å². The Morgan fingerprint density at radius 1 is 1.46 bits per heavy atom. The molecule has 1 fully saturated rings. The molecule has 1 aliphatic rings. The van der Waals surface area contributed by atoms with Crippen molar-refractivity contribution in [2.75, 3.05) is 26.2 Å². The fourth-order valence-corrected chi connectivity index (χ4v) is 2.71. The van der Waals surface area contributed by atoms with Crippen LogP contribution in [-0.2, 0) is 10.2 Å². The Kier molecular flexibility index (Phi) is 4.52. The van der Waals surface area contributed by atoms with Crippen molar-refractivity contribution in [3.05, 3.63) is 30.4 Å². The summed E-state index contributed by atoms with van der Waals surface area (Å²) in [5, 5.41) is 10.3. The van der Waals surface area contributed by atoms with E-state index in [1.807, 2.05) is 17.9 Å². The highest BCUT2D eigenvalue weighted by Crippen LogP contribution is 2.34. The number of hydrogen-bond donors (Lipinski definition) is 1. The van der Waals surface area contributed by atoms with Gasteiger partial charge in [-0.1, -0.05) is 0 Å². The van der Waals surface area contributed by atoms with Crippen molar-refractivity contribution in [2.45, 2.75) is 18.8 Å². The number of pyridine rings is 1. The average molecular weight is 337 g/mol. The number of carbonyl (C=O) groups is 1. The van der Waals surface area contributed by atoms with E-state index in [1.54, 1.807) is 18.5 Å². The second-order valence-corrected chi connectivity index (χ2v) is 6.06. The van der Waals surface area contributed by atoms with Crippen molar-refractivity contribution < 1.29 is 18.0 Å². The van der Waals surface area contributed by atoms with Crippen molar-refractivity contribution >= 4 is 5.91 Å². The number of amides is 1. The third-order valence-electron chi connectivity index (χ3n) is 3.82. The van der Waals surface area contributed by atoms with Gasteiger partial charge >= 0.3 is 0 Å². The van der Waals surface area contributed by atoms with Crippen LogP contribution in [0.25, 0.3) is 11.5 Å².